The minimum absolute atomic E-state index is 0.254. The van der Waals surface area contributed by atoms with Gasteiger partial charge in [0.25, 0.3) is 0 Å². The number of hydrogen-bond donors (Lipinski definition) is 2. The van der Waals surface area contributed by atoms with Crippen LogP contribution in [0.15, 0.2) is 0 Å². The Balaban J connectivity index is 2.16. The number of likely N-dealkylation sites (N-methyl/N-ethyl adjacent to an activating group) is 1. The van der Waals surface area contributed by atoms with Crippen molar-refractivity contribution in [2.24, 2.45) is 5.73 Å². The Morgan fingerprint density at radius 3 is 3.00 bits per heavy atom. The first-order valence-corrected chi connectivity index (χ1v) is 4.38. The van der Waals surface area contributed by atoms with Gasteiger partial charge in [0.1, 0.15) is 0 Å². The zero-order valence-electron chi connectivity index (χ0n) is 7.55. The van der Waals surface area contributed by atoms with Crippen LogP contribution in [-0.4, -0.2) is 43.5 Å². The number of nitrogens with one attached hydrogen (secondary N) is 1. The Morgan fingerprint density at radius 1 is 1.75 bits per heavy atom. The van der Waals surface area contributed by atoms with Gasteiger partial charge in [-0.2, -0.15) is 0 Å². The average Bonchev–Trinajstić information content (AvgIpc) is 2.37. The molecule has 1 aliphatic heterocycles. The average molecular weight is 171 g/mol. The Hall–Kier alpha value is -0.610. The predicted octanol–water partition coefficient (Wildman–Crippen LogP) is -0.844. The molecular weight excluding hydrogens is 154 g/mol. The van der Waals surface area contributed by atoms with Gasteiger partial charge >= 0.3 is 0 Å². The number of rotatable bonds is 4. The third-order valence-electron chi connectivity index (χ3n) is 2.12. The predicted molar refractivity (Wildman–Crippen MR) is 47.7 cm³/mol. The van der Waals surface area contributed by atoms with E-state index in [1.54, 1.807) is 0 Å². The standard InChI is InChI=1S/C8H17N3O/c1-11(6-8(9)12)5-7-3-2-4-10-7/h7,10H,2-6H2,1H3,(H2,9,12)/t7-/m1/s1. The molecule has 1 aliphatic rings. The first kappa shape index (κ1) is 9.48. The molecular formula is C8H17N3O. The fourth-order valence-electron chi connectivity index (χ4n) is 1.62. The molecule has 1 rings (SSSR count). The highest BCUT2D eigenvalue weighted by Gasteiger charge is 2.16. The second-order valence-corrected chi connectivity index (χ2v) is 3.46. The SMILES string of the molecule is CN(CC(N)=O)C[C@H]1CCCN1. The quantitative estimate of drug-likeness (QED) is 0.579. The van der Waals surface area contributed by atoms with Crippen LogP contribution in [0.25, 0.3) is 0 Å². The largest absolute Gasteiger partial charge is 0.369 e. The fraction of sp³-hybridized carbons (Fsp3) is 0.875. The summed E-state index contributed by atoms with van der Waals surface area (Å²) < 4.78 is 0. The van der Waals surface area contributed by atoms with Crippen molar-refractivity contribution in [3.8, 4) is 0 Å². The van der Waals surface area contributed by atoms with Gasteiger partial charge in [0.15, 0.2) is 0 Å². The molecule has 70 valence electrons. The van der Waals surface area contributed by atoms with E-state index in [0.717, 1.165) is 13.1 Å². The molecule has 1 heterocycles. The third-order valence-corrected chi connectivity index (χ3v) is 2.12. The van der Waals surface area contributed by atoms with E-state index in [1.807, 2.05) is 11.9 Å². The maximum Gasteiger partial charge on any atom is 0.231 e. The molecule has 1 saturated heterocycles. The topological polar surface area (TPSA) is 58.4 Å². The third kappa shape index (κ3) is 3.19. The summed E-state index contributed by atoms with van der Waals surface area (Å²) in [6.45, 7) is 2.39. The van der Waals surface area contributed by atoms with Crippen LogP contribution in [0.1, 0.15) is 12.8 Å². The molecule has 0 aliphatic carbocycles. The molecule has 12 heavy (non-hydrogen) atoms. The van der Waals surface area contributed by atoms with Gasteiger partial charge in [0.05, 0.1) is 6.54 Å². The number of carbonyl (C=O) groups is 1. The lowest BCUT2D eigenvalue weighted by Crippen LogP contribution is -2.39. The minimum atomic E-state index is -0.254. The van der Waals surface area contributed by atoms with Crippen LogP contribution in [0.4, 0.5) is 0 Å². The Bertz CT molecular complexity index is 154. The van der Waals surface area contributed by atoms with Gasteiger partial charge in [-0.05, 0) is 26.4 Å². The second kappa shape index (κ2) is 4.42. The van der Waals surface area contributed by atoms with E-state index in [4.69, 9.17) is 5.73 Å². The van der Waals surface area contributed by atoms with Gasteiger partial charge in [-0.3, -0.25) is 9.69 Å². The number of nitrogens with two attached hydrogens (primary N) is 1. The van der Waals surface area contributed by atoms with Crippen molar-refractivity contribution in [2.75, 3.05) is 26.7 Å². The molecule has 3 N–H and O–H groups in total. The number of amides is 1. The van der Waals surface area contributed by atoms with Crippen LogP contribution in [0.3, 0.4) is 0 Å². The zero-order valence-corrected chi connectivity index (χ0v) is 7.55. The zero-order chi connectivity index (χ0) is 8.97. The number of hydrogen-bond acceptors (Lipinski definition) is 3. The molecule has 0 spiro atoms. The molecule has 4 heteroatoms. The number of carbonyl (C=O) groups excluding carboxylic acids is 1. The summed E-state index contributed by atoms with van der Waals surface area (Å²) >= 11 is 0. The summed E-state index contributed by atoms with van der Waals surface area (Å²) in [7, 11) is 1.92. The lowest BCUT2D eigenvalue weighted by atomic mass is 10.2. The molecule has 0 aromatic heterocycles. The van der Waals surface area contributed by atoms with E-state index in [-0.39, 0.29) is 5.91 Å². The van der Waals surface area contributed by atoms with E-state index >= 15 is 0 Å². The molecule has 1 fully saturated rings. The molecule has 0 aromatic rings. The Labute approximate surface area is 73.1 Å². The maximum absolute atomic E-state index is 10.5. The maximum atomic E-state index is 10.5. The summed E-state index contributed by atoms with van der Waals surface area (Å²) in [6, 6.07) is 0.550. The van der Waals surface area contributed by atoms with Crippen LogP contribution in [0, 0.1) is 0 Å². The lowest BCUT2D eigenvalue weighted by Gasteiger charge is -2.19. The first-order chi connectivity index (χ1) is 5.68. The van der Waals surface area contributed by atoms with E-state index in [9.17, 15) is 4.79 Å². The van der Waals surface area contributed by atoms with Crippen molar-refractivity contribution in [3.05, 3.63) is 0 Å². The molecule has 0 unspecified atom stereocenters. The fourth-order valence-corrected chi connectivity index (χ4v) is 1.62. The van der Waals surface area contributed by atoms with Gasteiger partial charge in [-0.15, -0.1) is 0 Å². The molecule has 0 aromatic carbocycles. The van der Waals surface area contributed by atoms with Gasteiger partial charge in [0, 0.05) is 12.6 Å². The summed E-state index contributed by atoms with van der Waals surface area (Å²) in [6.07, 6.45) is 2.46. The van der Waals surface area contributed by atoms with Crippen molar-refractivity contribution >= 4 is 5.91 Å². The van der Waals surface area contributed by atoms with Crippen LogP contribution in [0.2, 0.25) is 0 Å². The van der Waals surface area contributed by atoms with Crippen LogP contribution < -0.4 is 11.1 Å². The van der Waals surface area contributed by atoms with Gasteiger partial charge in [-0.1, -0.05) is 0 Å². The summed E-state index contributed by atoms with van der Waals surface area (Å²) in [4.78, 5) is 12.5. The van der Waals surface area contributed by atoms with E-state index in [1.165, 1.54) is 12.8 Å². The van der Waals surface area contributed by atoms with E-state index in [0.29, 0.717) is 12.6 Å². The smallest absolute Gasteiger partial charge is 0.231 e. The number of nitrogens with zero attached hydrogens (tertiary/aromatic N) is 1. The molecule has 1 amide bonds. The van der Waals surface area contributed by atoms with Crippen LogP contribution in [-0.2, 0) is 4.79 Å². The second-order valence-electron chi connectivity index (χ2n) is 3.46. The van der Waals surface area contributed by atoms with Gasteiger partial charge in [-0.25, -0.2) is 0 Å². The highest BCUT2D eigenvalue weighted by atomic mass is 16.1. The molecule has 0 saturated carbocycles. The van der Waals surface area contributed by atoms with E-state index < -0.39 is 0 Å². The summed E-state index contributed by atoms with van der Waals surface area (Å²) in [5.74, 6) is -0.254. The molecule has 4 nitrogen and oxygen atoms in total. The molecule has 0 bridgehead atoms. The summed E-state index contributed by atoms with van der Waals surface area (Å²) in [5.41, 5.74) is 5.07. The van der Waals surface area contributed by atoms with Crippen molar-refractivity contribution in [1.29, 1.82) is 0 Å². The summed E-state index contributed by atoms with van der Waals surface area (Å²) in [5, 5.41) is 3.37. The van der Waals surface area contributed by atoms with Crippen LogP contribution in [0.5, 0.6) is 0 Å². The molecule has 1 atom stereocenters. The first-order valence-electron chi connectivity index (χ1n) is 4.38. The van der Waals surface area contributed by atoms with Crippen molar-refractivity contribution in [3.63, 3.8) is 0 Å². The Morgan fingerprint density at radius 2 is 2.50 bits per heavy atom. The van der Waals surface area contributed by atoms with E-state index in [2.05, 4.69) is 5.32 Å². The highest BCUT2D eigenvalue weighted by Crippen LogP contribution is 2.05. The van der Waals surface area contributed by atoms with Gasteiger partial charge < -0.3 is 11.1 Å². The Kier molecular flexibility index (Phi) is 3.49. The minimum Gasteiger partial charge on any atom is -0.369 e. The highest BCUT2D eigenvalue weighted by molar-refractivity contribution is 5.75. The van der Waals surface area contributed by atoms with Gasteiger partial charge in [0.2, 0.25) is 5.91 Å². The number of primary amides is 1. The normalized spacial score (nSPS) is 23.3. The van der Waals surface area contributed by atoms with Crippen molar-refractivity contribution < 1.29 is 4.79 Å². The molecule has 0 radical (unpaired) electrons. The monoisotopic (exact) mass is 171 g/mol. The lowest BCUT2D eigenvalue weighted by molar-refractivity contribution is -0.118. The van der Waals surface area contributed by atoms with Crippen molar-refractivity contribution in [1.82, 2.24) is 10.2 Å². The van der Waals surface area contributed by atoms with Crippen molar-refractivity contribution in [2.45, 2.75) is 18.9 Å². The van der Waals surface area contributed by atoms with Crippen LogP contribution >= 0.6 is 0 Å².